The Morgan fingerprint density at radius 2 is 1.88 bits per heavy atom. The molecule has 1 atom stereocenters. The number of hydrogen-bond donors (Lipinski definition) is 2. The van der Waals surface area contributed by atoms with Gasteiger partial charge in [0.05, 0.1) is 26.9 Å². The normalized spacial score (nSPS) is 12.6. The van der Waals surface area contributed by atoms with Crippen molar-refractivity contribution in [3.63, 3.8) is 0 Å². The highest BCUT2D eigenvalue weighted by molar-refractivity contribution is 7.85. The van der Waals surface area contributed by atoms with E-state index < -0.39 is 39.4 Å². The monoisotopic (exact) mass is 457 g/mol. The Balaban J connectivity index is 2.16. The SMILES string of the molecule is CC(=Nc1ccccc1S(=O)C(C)C)c1cc(F)c(-c2c(O)cccc2F)nc1NC=O. The molecule has 0 saturated carbocycles. The number of aromatic nitrogens is 1. The lowest BCUT2D eigenvalue weighted by molar-refractivity contribution is -0.105. The summed E-state index contributed by atoms with van der Waals surface area (Å²) in [5.74, 6) is -2.33. The molecule has 0 radical (unpaired) electrons. The van der Waals surface area contributed by atoms with Crippen molar-refractivity contribution in [1.29, 1.82) is 0 Å². The summed E-state index contributed by atoms with van der Waals surface area (Å²) in [5, 5.41) is 12.2. The second kappa shape index (κ2) is 9.78. The van der Waals surface area contributed by atoms with Crippen molar-refractivity contribution in [3.8, 4) is 17.0 Å². The number of nitrogens with zero attached hydrogens (tertiary/aromatic N) is 2. The first-order chi connectivity index (χ1) is 15.2. The number of carbonyl (C=O) groups is 1. The summed E-state index contributed by atoms with van der Waals surface area (Å²) in [6.07, 6.45) is 0.351. The van der Waals surface area contributed by atoms with Crippen molar-refractivity contribution in [1.82, 2.24) is 4.98 Å². The highest BCUT2D eigenvalue weighted by Crippen LogP contribution is 2.34. The van der Waals surface area contributed by atoms with Crippen LogP contribution in [0.2, 0.25) is 0 Å². The van der Waals surface area contributed by atoms with Gasteiger partial charge in [-0.05, 0) is 37.3 Å². The Bertz CT molecular complexity index is 1210. The van der Waals surface area contributed by atoms with Gasteiger partial charge >= 0.3 is 0 Å². The van der Waals surface area contributed by atoms with Gasteiger partial charge in [-0.2, -0.15) is 0 Å². The molecule has 0 aliphatic heterocycles. The second-order valence-corrected chi connectivity index (χ2v) is 9.10. The van der Waals surface area contributed by atoms with Crippen LogP contribution in [0.1, 0.15) is 26.3 Å². The average Bonchev–Trinajstić information content (AvgIpc) is 2.75. The van der Waals surface area contributed by atoms with E-state index in [1.165, 1.54) is 12.1 Å². The minimum atomic E-state index is -1.30. The Morgan fingerprint density at radius 3 is 2.53 bits per heavy atom. The molecule has 0 fully saturated rings. The van der Waals surface area contributed by atoms with Crippen LogP contribution in [0.5, 0.6) is 5.75 Å². The predicted molar refractivity (Wildman–Crippen MR) is 121 cm³/mol. The summed E-state index contributed by atoms with van der Waals surface area (Å²) >= 11 is 0. The average molecular weight is 458 g/mol. The third-order valence-electron chi connectivity index (χ3n) is 4.59. The van der Waals surface area contributed by atoms with Crippen molar-refractivity contribution in [2.75, 3.05) is 5.32 Å². The molecule has 0 spiro atoms. The van der Waals surface area contributed by atoms with E-state index in [9.17, 15) is 22.9 Å². The fourth-order valence-corrected chi connectivity index (χ4v) is 4.11. The molecular formula is C23H21F2N3O3S. The molecule has 1 aromatic heterocycles. The molecule has 1 unspecified atom stereocenters. The zero-order valence-corrected chi connectivity index (χ0v) is 18.4. The van der Waals surface area contributed by atoms with Gasteiger partial charge in [-0.3, -0.25) is 14.0 Å². The number of hydrogen-bond acceptors (Lipinski definition) is 5. The number of nitrogens with one attached hydrogen (secondary N) is 1. The molecule has 0 aliphatic rings. The molecule has 2 aromatic carbocycles. The van der Waals surface area contributed by atoms with Crippen LogP contribution in [0.15, 0.2) is 58.4 Å². The maximum absolute atomic E-state index is 15.0. The molecule has 9 heteroatoms. The number of pyridine rings is 1. The molecule has 166 valence electrons. The van der Waals surface area contributed by atoms with Crippen LogP contribution in [0, 0.1) is 11.6 Å². The molecule has 1 heterocycles. The largest absolute Gasteiger partial charge is 0.507 e. The van der Waals surface area contributed by atoms with Crippen LogP contribution in [0.3, 0.4) is 0 Å². The number of phenols is 1. The Kier molecular flexibility index (Phi) is 7.09. The summed E-state index contributed by atoms with van der Waals surface area (Å²) in [5.41, 5.74) is 0.00321. The van der Waals surface area contributed by atoms with Gasteiger partial charge in [0.25, 0.3) is 0 Å². The maximum atomic E-state index is 15.0. The van der Waals surface area contributed by atoms with Gasteiger partial charge in [-0.25, -0.2) is 13.8 Å². The zero-order chi connectivity index (χ0) is 23.4. The first-order valence-electron chi connectivity index (χ1n) is 9.68. The first-order valence-corrected chi connectivity index (χ1v) is 10.9. The van der Waals surface area contributed by atoms with Crippen molar-refractivity contribution in [2.24, 2.45) is 4.99 Å². The van der Waals surface area contributed by atoms with E-state index in [1.54, 1.807) is 31.2 Å². The number of aliphatic imine (C=N–C) groups is 1. The number of anilines is 1. The van der Waals surface area contributed by atoms with Crippen LogP contribution in [0.25, 0.3) is 11.3 Å². The maximum Gasteiger partial charge on any atom is 0.212 e. The Morgan fingerprint density at radius 1 is 1.16 bits per heavy atom. The minimum absolute atomic E-state index is 0.0669. The number of aromatic hydroxyl groups is 1. The number of carbonyl (C=O) groups excluding carboxylic acids is 1. The van der Waals surface area contributed by atoms with Crippen molar-refractivity contribution < 1.29 is 22.9 Å². The van der Waals surface area contributed by atoms with E-state index in [-0.39, 0.29) is 16.6 Å². The van der Waals surface area contributed by atoms with Gasteiger partial charge in [0, 0.05) is 16.5 Å². The van der Waals surface area contributed by atoms with Gasteiger partial charge < -0.3 is 10.4 Å². The predicted octanol–water partition coefficient (Wildman–Crippen LogP) is 4.96. The molecule has 3 rings (SSSR count). The van der Waals surface area contributed by atoms with E-state index in [0.29, 0.717) is 22.7 Å². The first kappa shape index (κ1) is 23.2. The summed E-state index contributed by atoms with van der Waals surface area (Å²) < 4.78 is 41.8. The molecule has 0 bridgehead atoms. The lowest BCUT2D eigenvalue weighted by Gasteiger charge is -2.13. The quantitative estimate of drug-likeness (QED) is 0.388. The van der Waals surface area contributed by atoms with Crippen LogP contribution < -0.4 is 5.32 Å². The summed E-state index contributed by atoms with van der Waals surface area (Å²) in [4.78, 5) is 20.2. The molecule has 3 aromatic rings. The van der Waals surface area contributed by atoms with Gasteiger partial charge in [-0.1, -0.05) is 32.0 Å². The van der Waals surface area contributed by atoms with Gasteiger partial charge in [-0.15, -0.1) is 0 Å². The lowest BCUT2D eigenvalue weighted by atomic mass is 10.1. The van der Waals surface area contributed by atoms with Crippen LogP contribution in [-0.2, 0) is 15.6 Å². The Hall–Kier alpha value is -3.46. The fourth-order valence-electron chi connectivity index (χ4n) is 3.07. The number of phenolic OH excluding ortho intramolecular Hbond substituents is 1. The van der Waals surface area contributed by atoms with Gasteiger partial charge in [0.1, 0.15) is 23.1 Å². The standard InChI is InChI=1S/C23H21F2N3O3S/c1-13(2)32(31)20-10-5-4-8-18(20)27-14(3)15-11-17(25)22(28-23(15)26-12-29)21-16(24)7-6-9-19(21)30/h4-13,30H,1-3H3,(H,26,28,29). The number of halogens is 2. The number of amides is 1. The molecule has 0 aliphatic carbocycles. The van der Waals surface area contributed by atoms with Crippen LogP contribution in [-0.4, -0.2) is 31.7 Å². The van der Waals surface area contributed by atoms with E-state index in [0.717, 1.165) is 12.1 Å². The van der Waals surface area contributed by atoms with Gasteiger partial charge in [0.2, 0.25) is 6.41 Å². The third kappa shape index (κ3) is 4.72. The van der Waals surface area contributed by atoms with E-state index in [2.05, 4.69) is 15.3 Å². The number of para-hydroxylation sites is 1. The van der Waals surface area contributed by atoms with Crippen molar-refractivity contribution in [2.45, 2.75) is 30.9 Å². The fraction of sp³-hybridized carbons (Fsp3) is 0.174. The smallest absolute Gasteiger partial charge is 0.212 e. The minimum Gasteiger partial charge on any atom is -0.507 e. The van der Waals surface area contributed by atoms with Crippen LogP contribution >= 0.6 is 0 Å². The highest BCUT2D eigenvalue weighted by Gasteiger charge is 2.21. The summed E-state index contributed by atoms with van der Waals surface area (Å²) in [7, 11) is -1.30. The lowest BCUT2D eigenvalue weighted by Crippen LogP contribution is -2.09. The van der Waals surface area contributed by atoms with Crippen molar-refractivity contribution >= 4 is 34.4 Å². The second-order valence-electron chi connectivity index (χ2n) is 7.12. The molecule has 2 N–H and O–H groups in total. The van der Waals surface area contributed by atoms with Crippen LogP contribution in [0.4, 0.5) is 20.3 Å². The number of rotatable bonds is 7. The van der Waals surface area contributed by atoms with Crippen molar-refractivity contribution in [3.05, 3.63) is 65.7 Å². The topological polar surface area (TPSA) is 91.7 Å². The van der Waals surface area contributed by atoms with E-state index >= 15 is 0 Å². The Labute approximate surface area is 186 Å². The molecule has 6 nitrogen and oxygen atoms in total. The third-order valence-corrected chi connectivity index (χ3v) is 6.22. The molecule has 32 heavy (non-hydrogen) atoms. The van der Waals surface area contributed by atoms with E-state index in [4.69, 9.17) is 0 Å². The van der Waals surface area contributed by atoms with E-state index in [1.807, 2.05) is 13.8 Å². The summed E-state index contributed by atoms with van der Waals surface area (Å²) in [6.45, 7) is 5.24. The highest BCUT2D eigenvalue weighted by atomic mass is 32.2. The zero-order valence-electron chi connectivity index (χ0n) is 17.6. The van der Waals surface area contributed by atoms with Gasteiger partial charge in [0.15, 0.2) is 5.82 Å². The molecule has 1 amide bonds. The molecule has 0 saturated heterocycles. The molecular weight excluding hydrogens is 436 g/mol. The number of benzene rings is 2. The summed E-state index contributed by atoms with van der Waals surface area (Å²) in [6, 6.07) is 11.5.